The predicted octanol–water partition coefficient (Wildman–Crippen LogP) is 2.09. The molecule has 5 heteroatoms. The SMILES string of the molecule is CC(=O)c1cc(NCCn2cc(C)cn2)ccc1N. The van der Waals surface area contributed by atoms with Crippen LogP contribution in [0.25, 0.3) is 0 Å². The highest BCUT2D eigenvalue weighted by atomic mass is 16.1. The number of nitrogens with one attached hydrogen (secondary N) is 1. The Morgan fingerprint density at radius 2 is 2.26 bits per heavy atom. The molecule has 1 aromatic carbocycles. The van der Waals surface area contributed by atoms with E-state index in [0.717, 1.165) is 24.3 Å². The van der Waals surface area contributed by atoms with Crippen LogP contribution in [-0.4, -0.2) is 22.1 Å². The fourth-order valence-corrected chi connectivity index (χ4v) is 1.88. The van der Waals surface area contributed by atoms with Crippen LogP contribution in [0, 0.1) is 6.92 Å². The van der Waals surface area contributed by atoms with Crippen LogP contribution in [0.5, 0.6) is 0 Å². The zero-order chi connectivity index (χ0) is 13.8. The Morgan fingerprint density at radius 3 is 2.89 bits per heavy atom. The maximum Gasteiger partial charge on any atom is 0.161 e. The predicted molar refractivity (Wildman–Crippen MR) is 76.3 cm³/mol. The molecule has 3 N–H and O–H groups in total. The molecule has 0 fully saturated rings. The lowest BCUT2D eigenvalue weighted by molar-refractivity contribution is 0.101. The van der Waals surface area contributed by atoms with E-state index in [0.29, 0.717) is 11.3 Å². The van der Waals surface area contributed by atoms with Gasteiger partial charge in [-0.05, 0) is 37.6 Å². The molecule has 0 unspecified atom stereocenters. The van der Waals surface area contributed by atoms with E-state index in [9.17, 15) is 4.79 Å². The summed E-state index contributed by atoms with van der Waals surface area (Å²) in [4.78, 5) is 11.4. The Bertz CT molecular complexity index is 589. The molecule has 2 aromatic rings. The zero-order valence-electron chi connectivity index (χ0n) is 11.2. The first-order valence-electron chi connectivity index (χ1n) is 6.19. The number of nitrogens with two attached hydrogens (primary N) is 1. The molecule has 0 amide bonds. The van der Waals surface area contributed by atoms with Crippen LogP contribution in [0.2, 0.25) is 0 Å². The van der Waals surface area contributed by atoms with Crippen molar-refractivity contribution >= 4 is 17.2 Å². The molecule has 0 aliphatic heterocycles. The lowest BCUT2D eigenvalue weighted by atomic mass is 10.1. The summed E-state index contributed by atoms with van der Waals surface area (Å²) in [7, 11) is 0. The maximum absolute atomic E-state index is 11.4. The maximum atomic E-state index is 11.4. The van der Waals surface area contributed by atoms with Crippen molar-refractivity contribution in [2.75, 3.05) is 17.6 Å². The van der Waals surface area contributed by atoms with Crippen molar-refractivity contribution in [1.29, 1.82) is 0 Å². The van der Waals surface area contributed by atoms with Gasteiger partial charge in [0.1, 0.15) is 0 Å². The van der Waals surface area contributed by atoms with Crippen molar-refractivity contribution in [3.63, 3.8) is 0 Å². The van der Waals surface area contributed by atoms with Gasteiger partial charge in [-0.15, -0.1) is 0 Å². The van der Waals surface area contributed by atoms with Crippen molar-refractivity contribution in [2.45, 2.75) is 20.4 Å². The summed E-state index contributed by atoms with van der Waals surface area (Å²) in [6.07, 6.45) is 3.82. The van der Waals surface area contributed by atoms with E-state index < -0.39 is 0 Å². The van der Waals surface area contributed by atoms with Gasteiger partial charge in [0.2, 0.25) is 0 Å². The Morgan fingerprint density at radius 1 is 1.47 bits per heavy atom. The number of nitrogens with zero attached hydrogens (tertiary/aromatic N) is 2. The Hall–Kier alpha value is -2.30. The fraction of sp³-hybridized carbons (Fsp3) is 0.286. The molecule has 0 saturated carbocycles. The molecule has 0 spiro atoms. The second-order valence-electron chi connectivity index (χ2n) is 4.57. The molecule has 2 rings (SSSR count). The van der Waals surface area contributed by atoms with E-state index in [1.165, 1.54) is 6.92 Å². The van der Waals surface area contributed by atoms with Gasteiger partial charge < -0.3 is 11.1 Å². The minimum Gasteiger partial charge on any atom is -0.398 e. The first-order valence-corrected chi connectivity index (χ1v) is 6.19. The van der Waals surface area contributed by atoms with Gasteiger partial charge in [-0.3, -0.25) is 9.48 Å². The number of benzene rings is 1. The van der Waals surface area contributed by atoms with Crippen LogP contribution in [0.15, 0.2) is 30.6 Å². The van der Waals surface area contributed by atoms with Crippen molar-refractivity contribution in [1.82, 2.24) is 9.78 Å². The number of hydrogen-bond donors (Lipinski definition) is 2. The molecular weight excluding hydrogens is 240 g/mol. The molecule has 5 nitrogen and oxygen atoms in total. The van der Waals surface area contributed by atoms with Gasteiger partial charge in [0.05, 0.1) is 12.7 Å². The van der Waals surface area contributed by atoms with E-state index >= 15 is 0 Å². The van der Waals surface area contributed by atoms with Crippen LogP contribution in [0.4, 0.5) is 11.4 Å². The average Bonchev–Trinajstić information content (AvgIpc) is 2.77. The summed E-state index contributed by atoms with van der Waals surface area (Å²) in [6, 6.07) is 5.40. The van der Waals surface area contributed by atoms with Gasteiger partial charge in [0.15, 0.2) is 5.78 Å². The molecule has 1 aromatic heterocycles. The van der Waals surface area contributed by atoms with Gasteiger partial charge in [-0.25, -0.2) is 0 Å². The van der Waals surface area contributed by atoms with E-state index in [1.54, 1.807) is 12.1 Å². The Balaban J connectivity index is 1.96. The van der Waals surface area contributed by atoms with Gasteiger partial charge >= 0.3 is 0 Å². The largest absolute Gasteiger partial charge is 0.398 e. The Labute approximate surface area is 112 Å². The van der Waals surface area contributed by atoms with Crippen molar-refractivity contribution in [2.24, 2.45) is 0 Å². The van der Waals surface area contributed by atoms with Crippen molar-refractivity contribution < 1.29 is 4.79 Å². The number of carbonyl (C=O) groups is 1. The molecule has 0 bridgehead atoms. The number of rotatable bonds is 5. The third kappa shape index (κ3) is 3.34. The second-order valence-corrected chi connectivity index (χ2v) is 4.57. The molecule has 1 heterocycles. The summed E-state index contributed by atoms with van der Waals surface area (Å²) in [6.45, 7) is 5.04. The first kappa shape index (κ1) is 13.1. The summed E-state index contributed by atoms with van der Waals surface area (Å²) < 4.78 is 1.88. The molecule has 0 saturated heterocycles. The molecule has 0 aliphatic rings. The number of ketones is 1. The van der Waals surface area contributed by atoms with Crippen molar-refractivity contribution in [3.05, 3.63) is 41.7 Å². The normalized spacial score (nSPS) is 10.4. The topological polar surface area (TPSA) is 72.9 Å². The van der Waals surface area contributed by atoms with Crippen LogP contribution in [-0.2, 0) is 6.54 Å². The molecule has 0 atom stereocenters. The van der Waals surface area contributed by atoms with Crippen LogP contribution < -0.4 is 11.1 Å². The highest BCUT2D eigenvalue weighted by Gasteiger charge is 2.05. The standard InChI is InChI=1S/C14H18N4O/c1-10-8-17-18(9-10)6-5-16-12-3-4-14(15)13(7-12)11(2)19/h3-4,7-9,16H,5-6,15H2,1-2H3. The molecule has 0 radical (unpaired) electrons. The average molecular weight is 258 g/mol. The number of aromatic nitrogens is 2. The van der Waals surface area contributed by atoms with E-state index in [1.807, 2.05) is 30.1 Å². The zero-order valence-corrected chi connectivity index (χ0v) is 11.2. The first-order chi connectivity index (χ1) is 9.06. The minimum atomic E-state index is -0.0242. The van der Waals surface area contributed by atoms with Gasteiger partial charge in [-0.1, -0.05) is 0 Å². The second kappa shape index (κ2) is 5.56. The van der Waals surface area contributed by atoms with Gasteiger partial charge in [0.25, 0.3) is 0 Å². The number of aryl methyl sites for hydroxylation is 1. The Kier molecular flexibility index (Phi) is 3.85. The molecule has 0 aliphatic carbocycles. The number of hydrogen-bond acceptors (Lipinski definition) is 4. The number of anilines is 2. The van der Waals surface area contributed by atoms with E-state index in [-0.39, 0.29) is 5.78 Å². The summed E-state index contributed by atoms with van der Waals surface area (Å²) in [5.74, 6) is -0.0242. The minimum absolute atomic E-state index is 0.0242. The summed E-state index contributed by atoms with van der Waals surface area (Å²) in [5.41, 5.74) is 8.86. The number of Topliss-reactive ketones (excluding diaryl/α,β-unsaturated/α-hetero) is 1. The lowest BCUT2D eigenvalue weighted by Crippen LogP contribution is -2.11. The number of nitrogen functional groups attached to an aromatic ring is 1. The fourth-order valence-electron chi connectivity index (χ4n) is 1.88. The van der Waals surface area contributed by atoms with Crippen LogP contribution in [0.3, 0.4) is 0 Å². The molecule has 100 valence electrons. The van der Waals surface area contributed by atoms with E-state index in [2.05, 4.69) is 10.4 Å². The quantitative estimate of drug-likeness (QED) is 0.636. The molecule has 19 heavy (non-hydrogen) atoms. The van der Waals surface area contributed by atoms with Crippen LogP contribution >= 0.6 is 0 Å². The highest BCUT2D eigenvalue weighted by Crippen LogP contribution is 2.18. The third-order valence-corrected chi connectivity index (χ3v) is 2.86. The van der Waals surface area contributed by atoms with Crippen molar-refractivity contribution in [3.8, 4) is 0 Å². The molecular formula is C14H18N4O. The van der Waals surface area contributed by atoms with Gasteiger partial charge in [0, 0.05) is 29.7 Å². The van der Waals surface area contributed by atoms with Crippen LogP contribution in [0.1, 0.15) is 22.8 Å². The lowest BCUT2D eigenvalue weighted by Gasteiger charge is -2.09. The summed E-state index contributed by atoms with van der Waals surface area (Å²) in [5, 5.41) is 7.47. The monoisotopic (exact) mass is 258 g/mol. The smallest absolute Gasteiger partial charge is 0.161 e. The highest BCUT2D eigenvalue weighted by molar-refractivity contribution is 5.99. The summed E-state index contributed by atoms with van der Waals surface area (Å²) >= 11 is 0. The number of carbonyl (C=O) groups excluding carboxylic acids is 1. The van der Waals surface area contributed by atoms with E-state index in [4.69, 9.17) is 5.73 Å². The van der Waals surface area contributed by atoms with Gasteiger partial charge in [-0.2, -0.15) is 5.10 Å². The third-order valence-electron chi connectivity index (χ3n) is 2.86.